The fourth-order valence-electron chi connectivity index (χ4n) is 1.66. The van der Waals surface area contributed by atoms with E-state index >= 15 is 0 Å². The van der Waals surface area contributed by atoms with Gasteiger partial charge < -0.3 is 4.74 Å². The van der Waals surface area contributed by atoms with Gasteiger partial charge in [0, 0.05) is 10.9 Å². The first-order valence-electron chi connectivity index (χ1n) is 5.77. The number of thiazole rings is 1. The van der Waals surface area contributed by atoms with E-state index < -0.39 is 5.92 Å². The van der Waals surface area contributed by atoms with Gasteiger partial charge in [0.25, 0.3) is 0 Å². The van der Waals surface area contributed by atoms with E-state index in [1.807, 2.05) is 35.7 Å². The molecule has 1 heterocycles. The van der Waals surface area contributed by atoms with E-state index in [9.17, 15) is 4.79 Å². The zero-order valence-electron chi connectivity index (χ0n) is 10.7. The van der Waals surface area contributed by atoms with E-state index in [1.165, 1.54) is 11.3 Å². The van der Waals surface area contributed by atoms with E-state index in [1.54, 1.807) is 7.11 Å². The lowest BCUT2D eigenvalue weighted by atomic mass is 10.1. The maximum absolute atomic E-state index is 11.6. The third kappa shape index (κ3) is 2.98. The lowest BCUT2D eigenvalue weighted by Crippen LogP contribution is -2.11. The van der Waals surface area contributed by atoms with Gasteiger partial charge in [-0.1, -0.05) is 0 Å². The van der Waals surface area contributed by atoms with Gasteiger partial charge in [-0.3, -0.25) is 4.79 Å². The molecule has 2 rings (SSSR count). The number of hydrogen-bond donors (Lipinski definition) is 0. The van der Waals surface area contributed by atoms with Gasteiger partial charge in [0.1, 0.15) is 10.8 Å². The highest BCUT2D eigenvalue weighted by Gasteiger charge is 2.22. The van der Waals surface area contributed by atoms with Crippen LogP contribution in [0.25, 0.3) is 11.3 Å². The number of aromatic nitrogens is 1. The Morgan fingerprint density at radius 1 is 1.50 bits per heavy atom. The Balaban J connectivity index is 2.28. The van der Waals surface area contributed by atoms with Crippen LogP contribution < -0.4 is 4.74 Å². The summed E-state index contributed by atoms with van der Waals surface area (Å²) in [4.78, 5) is 15.9. The molecule has 1 aromatic carbocycles. The van der Waals surface area contributed by atoms with Crippen molar-refractivity contribution in [3.8, 4) is 23.1 Å². The second-order valence-corrected chi connectivity index (χ2v) is 5.12. The first-order valence-corrected chi connectivity index (χ1v) is 7.19. The van der Waals surface area contributed by atoms with E-state index in [2.05, 4.69) is 4.98 Å². The van der Waals surface area contributed by atoms with Crippen LogP contribution in [0.3, 0.4) is 0 Å². The predicted molar refractivity (Wildman–Crippen MR) is 78.2 cm³/mol. The number of halogens is 1. The number of carbonyl (C=O) groups excluding carboxylic acids is 1. The number of alkyl halides is 1. The van der Waals surface area contributed by atoms with Crippen molar-refractivity contribution in [2.45, 2.75) is 5.92 Å². The molecule has 20 heavy (non-hydrogen) atoms. The van der Waals surface area contributed by atoms with E-state index in [4.69, 9.17) is 21.6 Å². The summed E-state index contributed by atoms with van der Waals surface area (Å²) < 4.78 is 5.09. The number of ketones is 1. The molecule has 1 aromatic heterocycles. The molecule has 102 valence electrons. The van der Waals surface area contributed by atoms with Crippen LogP contribution in [0.15, 0.2) is 29.6 Å². The second kappa shape index (κ2) is 6.51. The molecule has 0 saturated carbocycles. The van der Waals surface area contributed by atoms with Gasteiger partial charge >= 0.3 is 0 Å². The largest absolute Gasteiger partial charge is 0.497 e. The molecule has 0 aliphatic rings. The van der Waals surface area contributed by atoms with Crippen molar-refractivity contribution in [2.75, 3.05) is 13.0 Å². The van der Waals surface area contributed by atoms with Crippen LogP contribution in [0.5, 0.6) is 5.75 Å². The Hall–Kier alpha value is -1.90. The maximum atomic E-state index is 11.6. The Morgan fingerprint density at radius 3 is 2.75 bits per heavy atom. The van der Waals surface area contributed by atoms with Gasteiger partial charge in [0.2, 0.25) is 0 Å². The summed E-state index contributed by atoms with van der Waals surface area (Å²) in [5, 5.41) is 11.3. The minimum Gasteiger partial charge on any atom is -0.497 e. The van der Waals surface area contributed by atoms with Crippen LogP contribution in [0, 0.1) is 11.3 Å². The SMILES string of the molecule is COc1ccc(-c2csc([C@@H](C#N)C(=O)CCl)n2)cc1. The molecule has 1 atom stereocenters. The molecule has 4 nitrogen and oxygen atoms in total. The van der Waals surface area contributed by atoms with Crippen molar-refractivity contribution in [2.24, 2.45) is 0 Å². The van der Waals surface area contributed by atoms with Crippen LogP contribution in [-0.2, 0) is 4.79 Å². The van der Waals surface area contributed by atoms with Crippen molar-refractivity contribution in [1.29, 1.82) is 5.26 Å². The number of nitrogens with zero attached hydrogens (tertiary/aromatic N) is 2. The summed E-state index contributed by atoms with van der Waals surface area (Å²) in [5.41, 5.74) is 1.64. The highest BCUT2D eigenvalue weighted by Crippen LogP contribution is 2.28. The monoisotopic (exact) mass is 306 g/mol. The van der Waals surface area contributed by atoms with E-state index in [0.717, 1.165) is 17.0 Å². The maximum Gasteiger partial charge on any atom is 0.171 e. The highest BCUT2D eigenvalue weighted by molar-refractivity contribution is 7.10. The molecule has 0 bridgehead atoms. The van der Waals surface area contributed by atoms with Gasteiger partial charge in [-0.05, 0) is 24.3 Å². The smallest absolute Gasteiger partial charge is 0.171 e. The summed E-state index contributed by atoms with van der Waals surface area (Å²) in [7, 11) is 1.60. The lowest BCUT2D eigenvalue weighted by molar-refractivity contribution is -0.117. The van der Waals surface area contributed by atoms with Gasteiger partial charge in [0.05, 0.1) is 24.8 Å². The molecule has 2 aromatic rings. The number of methoxy groups -OCH3 is 1. The van der Waals surface area contributed by atoms with E-state index in [0.29, 0.717) is 5.01 Å². The summed E-state index contributed by atoms with van der Waals surface area (Å²) in [6, 6.07) is 9.37. The molecule has 6 heteroatoms. The standard InChI is InChI=1S/C14H11ClN2O2S/c1-19-10-4-2-9(3-5-10)12-8-20-14(17-12)11(7-16)13(18)6-15/h2-5,8,11H,6H2,1H3/t11-/m0/s1. The molecule has 0 N–H and O–H groups in total. The van der Waals surface area contributed by atoms with Gasteiger partial charge in [0.15, 0.2) is 11.7 Å². The topological polar surface area (TPSA) is 63.0 Å². The molecule has 0 radical (unpaired) electrons. The van der Waals surface area contributed by atoms with Crippen LogP contribution in [0.1, 0.15) is 10.9 Å². The molecule has 0 spiro atoms. The van der Waals surface area contributed by atoms with Crippen molar-refractivity contribution < 1.29 is 9.53 Å². The van der Waals surface area contributed by atoms with Crippen molar-refractivity contribution in [3.05, 3.63) is 34.7 Å². The number of Topliss-reactive ketones (excluding diaryl/α,β-unsaturated/α-hetero) is 1. The third-order valence-electron chi connectivity index (χ3n) is 2.74. The number of benzene rings is 1. The predicted octanol–water partition coefficient (Wildman–Crippen LogP) is 3.23. The second-order valence-electron chi connectivity index (χ2n) is 3.96. The molecule has 0 amide bonds. The van der Waals surface area contributed by atoms with Crippen LogP contribution >= 0.6 is 22.9 Å². The normalized spacial score (nSPS) is 11.7. The van der Waals surface area contributed by atoms with Crippen molar-refractivity contribution in [3.63, 3.8) is 0 Å². The number of rotatable bonds is 5. The average molecular weight is 307 g/mol. The van der Waals surface area contributed by atoms with Crippen molar-refractivity contribution in [1.82, 2.24) is 4.98 Å². The number of carbonyl (C=O) groups is 1. The van der Waals surface area contributed by atoms with Gasteiger partial charge in [-0.2, -0.15) is 5.26 Å². The van der Waals surface area contributed by atoms with E-state index in [-0.39, 0.29) is 11.7 Å². The summed E-state index contributed by atoms with van der Waals surface area (Å²) in [6.45, 7) is 0. The molecule has 0 saturated heterocycles. The lowest BCUT2D eigenvalue weighted by Gasteiger charge is -2.02. The molecule has 0 aliphatic heterocycles. The molecule has 0 unspecified atom stereocenters. The minimum absolute atomic E-state index is 0.185. The Morgan fingerprint density at radius 2 is 2.20 bits per heavy atom. The number of ether oxygens (including phenoxy) is 1. The fourth-order valence-corrected chi connectivity index (χ4v) is 2.70. The zero-order chi connectivity index (χ0) is 14.5. The fraction of sp³-hybridized carbons (Fsp3) is 0.214. The Kier molecular flexibility index (Phi) is 4.72. The highest BCUT2D eigenvalue weighted by atomic mass is 35.5. The molecule has 0 aliphatic carbocycles. The molecular weight excluding hydrogens is 296 g/mol. The quantitative estimate of drug-likeness (QED) is 0.796. The Labute approximate surface area is 125 Å². The first kappa shape index (κ1) is 14.5. The van der Waals surface area contributed by atoms with Crippen LogP contribution in [0.4, 0.5) is 0 Å². The van der Waals surface area contributed by atoms with Crippen LogP contribution in [-0.4, -0.2) is 23.8 Å². The third-order valence-corrected chi connectivity index (χ3v) is 3.91. The van der Waals surface area contributed by atoms with Gasteiger partial charge in [-0.25, -0.2) is 4.98 Å². The number of hydrogen-bond acceptors (Lipinski definition) is 5. The summed E-state index contributed by atoms with van der Waals surface area (Å²) in [6.07, 6.45) is 0. The first-order chi connectivity index (χ1) is 9.69. The molecular formula is C14H11ClN2O2S. The minimum atomic E-state index is -0.885. The Bertz CT molecular complexity index is 646. The van der Waals surface area contributed by atoms with Crippen LogP contribution in [0.2, 0.25) is 0 Å². The summed E-state index contributed by atoms with van der Waals surface area (Å²) in [5.74, 6) is -0.638. The summed E-state index contributed by atoms with van der Waals surface area (Å²) >= 11 is 6.78. The molecule has 0 fully saturated rings. The average Bonchev–Trinajstić information content (AvgIpc) is 2.97. The zero-order valence-corrected chi connectivity index (χ0v) is 12.2. The number of nitriles is 1. The van der Waals surface area contributed by atoms with Crippen molar-refractivity contribution >= 4 is 28.7 Å². The van der Waals surface area contributed by atoms with Gasteiger partial charge in [-0.15, -0.1) is 22.9 Å².